The predicted octanol–water partition coefficient (Wildman–Crippen LogP) is 2.39. The highest BCUT2D eigenvalue weighted by Gasteiger charge is 2.26. The standard InChI is InChI=1S/C17H23NO4/c1-22-14-9-5-6-12(10-14)11-15(17(20)21)18-16(19)13-7-3-2-4-8-13/h5-6,9-10,13,15H,2-4,7-8,11H2,1H3,(H,18,19)(H,20,21)/t15-/m0/s1. The Hall–Kier alpha value is -2.04. The topological polar surface area (TPSA) is 75.6 Å². The van der Waals surface area contributed by atoms with E-state index in [9.17, 15) is 14.7 Å². The summed E-state index contributed by atoms with van der Waals surface area (Å²) in [5, 5.41) is 12.1. The molecule has 2 rings (SSSR count). The lowest BCUT2D eigenvalue weighted by Gasteiger charge is -2.23. The molecule has 0 saturated heterocycles. The number of hydrogen-bond donors (Lipinski definition) is 2. The number of carbonyl (C=O) groups is 2. The van der Waals surface area contributed by atoms with E-state index >= 15 is 0 Å². The van der Waals surface area contributed by atoms with Crippen molar-refractivity contribution in [3.8, 4) is 5.75 Å². The van der Waals surface area contributed by atoms with E-state index in [1.165, 1.54) is 0 Å². The number of methoxy groups -OCH3 is 1. The number of ether oxygens (including phenoxy) is 1. The van der Waals surface area contributed by atoms with Crippen molar-refractivity contribution in [2.75, 3.05) is 7.11 Å². The minimum Gasteiger partial charge on any atom is -0.497 e. The second-order valence-corrected chi connectivity index (χ2v) is 5.79. The summed E-state index contributed by atoms with van der Waals surface area (Å²) in [4.78, 5) is 23.7. The van der Waals surface area contributed by atoms with Crippen LogP contribution in [0.3, 0.4) is 0 Å². The molecule has 0 unspecified atom stereocenters. The monoisotopic (exact) mass is 305 g/mol. The summed E-state index contributed by atoms with van der Waals surface area (Å²) in [7, 11) is 1.57. The maximum atomic E-state index is 12.2. The summed E-state index contributed by atoms with van der Waals surface area (Å²) < 4.78 is 5.14. The number of hydrogen-bond acceptors (Lipinski definition) is 3. The van der Waals surface area contributed by atoms with Gasteiger partial charge in [0, 0.05) is 12.3 Å². The number of amides is 1. The molecule has 1 saturated carbocycles. The summed E-state index contributed by atoms with van der Waals surface area (Å²) in [6.45, 7) is 0. The highest BCUT2D eigenvalue weighted by atomic mass is 16.5. The Morgan fingerprint density at radius 1 is 1.32 bits per heavy atom. The van der Waals surface area contributed by atoms with Gasteiger partial charge in [-0.15, -0.1) is 0 Å². The van der Waals surface area contributed by atoms with Crippen molar-refractivity contribution in [3.63, 3.8) is 0 Å². The summed E-state index contributed by atoms with van der Waals surface area (Å²) in [6.07, 6.45) is 5.23. The molecule has 0 heterocycles. The number of benzene rings is 1. The number of rotatable bonds is 6. The zero-order valence-corrected chi connectivity index (χ0v) is 12.9. The summed E-state index contributed by atoms with van der Waals surface area (Å²) in [5.41, 5.74) is 0.829. The smallest absolute Gasteiger partial charge is 0.326 e. The van der Waals surface area contributed by atoms with Crippen molar-refractivity contribution in [2.45, 2.75) is 44.6 Å². The lowest BCUT2D eigenvalue weighted by atomic mass is 9.88. The first-order valence-electron chi connectivity index (χ1n) is 7.76. The fourth-order valence-electron chi connectivity index (χ4n) is 2.89. The van der Waals surface area contributed by atoms with Gasteiger partial charge in [0.1, 0.15) is 11.8 Å². The second-order valence-electron chi connectivity index (χ2n) is 5.79. The molecule has 22 heavy (non-hydrogen) atoms. The normalized spacial score (nSPS) is 16.8. The van der Waals surface area contributed by atoms with E-state index in [2.05, 4.69) is 5.32 Å². The minimum absolute atomic E-state index is 0.0408. The van der Waals surface area contributed by atoms with Gasteiger partial charge in [0.05, 0.1) is 7.11 Å². The van der Waals surface area contributed by atoms with E-state index in [4.69, 9.17) is 4.74 Å². The number of carboxylic acids is 1. The van der Waals surface area contributed by atoms with E-state index in [0.29, 0.717) is 5.75 Å². The molecule has 5 nitrogen and oxygen atoms in total. The first kappa shape index (κ1) is 16.3. The third kappa shape index (κ3) is 4.48. The highest BCUT2D eigenvalue weighted by molar-refractivity contribution is 5.85. The van der Waals surface area contributed by atoms with E-state index in [-0.39, 0.29) is 18.2 Å². The maximum absolute atomic E-state index is 12.2. The van der Waals surface area contributed by atoms with Crippen LogP contribution < -0.4 is 10.1 Å². The molecule has 1 aromatic rings. The minimum atomic E-state index is -1.01. The van der Waals surface area contributed by atoms with E-state index in [1.54, 1.807) is 19.2 Å². The van der Waals surface area contributed by atoms with Gasteiger partial charge in [-0.25, -0.2) is 4.79 Å². The summed E-state index contributed by atoms with van der Waals surface area (Å²) >= 11 is 0. The van der Waals surface area contributed by atoms with Crippen LogP contribution in [0.4, 0.5) is 0 Å². The van der Waals surface area contributed by atoms with Gasteiger partial charge in [-0.05, 0) is 30.5 Å². The predicted molar refractivity (Wildman–Crippen MR) is 82.8 cm³/mol. The van der Waals surface area contributed by atoms with Gasteiger partial charge in [-0.1, -0.05) is 31.4 Å². The van der Waals surface area contributed by atoms with Gasteiger partial charge < -0.3 is 15.2 Å². The molecule has 5 heteroatoms. The Bertz CT molecular complexity index is 523. The Balaban J connectivity index is 1.99. The average molecular weight is 305 g/mol. The molecule has 0 aliphatic heterocycles. The highest BCUT2D eigenvalue weighted by Crippen LogP contribution is 2.24. The average Bonchev–Trinajstić information content (AvgIpc) is 2.55. The van der Waals surface area contributed by atoms with Crippen molar-refractivity contribution in [1.82, 2.24) is 5.32 Å². The molecular formula is C17H23NO4. The number of carbonyl (C=O) groups excluding carboxylic acids is 1. The van der Waals surface area contributed by atoms with Crippen LogP contribution in [0.15, 0.2) is 24.3 Å². The summed E-state index contributed by atoms with van der Waals surface area (Å²) in [6, 6.07) is 6.35. The molecule has 1 amide bonds. The van der Waals surface area contributed by atoms with Gasteiger partial charge in [-0.3, -0.25) is 4.79 Å². The van der Waals surface area contributed by atoms with Crippen LogP contribution in [0.1, 0.15) is 37.7 Å². The van der Waals surface area contributed by atoms with Crippen LogP contribution >= 0.6 is 0 Å². The SMILES string of the molecule is COc1cccc(C[C@H](NC(=O)C2CCCCC2)C(=O)O)c1. The number of nitrogens with one attached hydrogen (secondary N) is 1. The Morgan fingerprint density at radius 3 is 2.68 bits per heavy atom. The van der Waals surface area contributed by atoms with Crippen LogP contribution in [0.2, 0.25) is 0 Å². The van der Waals surface area contributed by atoms with Crippen LogP contribution in [-0.2, 0) is 16.0 Å². The van der Waals surface area contributed by atoms with Crippen LogP contribution in [-0.4, -0.2) is 30.1 Å². The molecule has 1 aliphatic rings. The Kier molecular flexibility index (Phi) is 5.81. The van der Waals surface area contributed by atoms with Gasteiger partial charge in [0.15, 0.2) is 0 Å². The third-order valence-corrected chi connectivity index (χ3v) is 4.16. The zero-order chi connectivity index (χ0) is 15.9. The van der Waals surface area contributed by atoms with E-state index in [0.717, 1.165) is 37.7 Å². The first-order chi connectivity index (χ1) is 10.6. The largest absolute Gasteiger partial charge is 0.497 e. The molecule has 120 valence electrons. The van der Waals surface area contributed by atoms with Crippen LogP contribution in [0, 0.1) is 5.92 Å². The van der Waals surface area contributed by atoms with Crippen molar-refractivity contribution in [2.24, 2.45) is 5.92 Å². The quantitative estimate of drug-likeness (QED) is 0.846. The molecule has 1 fully saturated rings. The van der Waals surface area contributed by atoms with E-state index < -0.39 is 12.0 Å². The molecular weight excluding hydrogens is 282 g/mol. The van der Waals surface area contributed by atoms with E-state index in [1.807, 2.05) is 12.1 Å². The first-order valence-corrected chi connectivity index (χ1v) is 7.76. The van der Waals surface area contributed by atoms with Gasteiger partial charge >= 0.3 is 5.97 Å². The Morgan fingerprint density at radius 2 is 2.05 bits per heavy atom. The summed E-state index contributed by atoms with van der Waals surface area (Å²) in [5.74, 6) is -0.497. The van der Waals surface area contributed by atoms with Crippen molar-refractivity contribution >= 4 is 11.9 Å². The second kappa shape index (κ2) is 7.82. The molecule has 0 radical (unpaired) electrons. The zero-order valence-electron chi connectivity index (χ0n) is 12.9. The molecule has 1 atom stereocenters. The molecule has 1 aliphatic carbocycles. The number of carboxylic acid groups (broad SMARTS) is 1. The van der Waals surface area contributed by atoms with Crippen molar-refractivity contribution < 1.29 is 19.4 Å². The van der Waals surface area contributed by atoms with Crippen LogP contribution in [0.25, 0.3) is 0 Å². The molecule has 0 bridgehead atoms. The fourth-order valence-corrected chi connectivity index (χ4v) is 2.89. The fraction of sp³-hybridized carbons (Fsp3) is 0.529. The lowest BCUT2D eigenvalue weighted by molar-refractivity contribution is -0.142. The maximum Gasteiger partial charge on any atom is 0.326 e. The Labute approximate surface area is 130 Å². The molecule has 2 N–H and O–H groups in total. The van der Waals surface area contributed by atoms with Gasteiger partial charge in [0.25, 0.3) is 0 Å². The third-order valence-electron chi connectivity index (χ3n) is 4.16. The van der Waals surface area contributed by atoms with Gasteiger partial charge in [-0.2, -0.15) is 0 Å². The van der Waals surface area contributed by atoms with Crippen LogP contribution in [0.5, 0.6) is 5.75 Å². The van der Waals surface area contributed by atoms with Crippen molar-refractivity contribution in [1.29, 1.82) is 0 Å². The van der Waals surface area contributed by atoms with Crippen molar-refractivity contribution in [3.05, 3.63) is 29.8 Å². The molecule has 0 aromatic heterocycles. The number of aliphatic carboxylic acids is 1. The molecule has 1 aromatic carbocycles. The van der Waals surface area contributed by atoms with Gasteiger partial charge in [0.2, 0.25) is 5.91 Å². The molecule has 0 spiro atoms. The lowest BCUT2D eigenvalue weighted by Crippen LogP contribution is -2.45.